The third kappa shape index (κ3) is 2.46. The van der Waals surface area contributed by atoms with E-state index in [-0.39, 0.29) is 6.04 Å². The van der Waals surface area contributed by atoms with Gasteiger partial charge in [0.25, 0.3) is 0 Å². The van der Waals surface area contributed by atoms with Gasteiger partial charge >= 0.3 is 0 Å². The predicted octanol–water partition coefficient (Wildman–Crippen LogP) is 3.55. The molecule has 0 radical (unpaired) electrons. The van der Waals surface area contributed by atoms with Crippen molar-refractivity contribution in [3.63, 3.8) is 0 Å². The van der Waals surface area contributed by atoms with Crippen LogP contribution in [0.25, 0.3) is 0 Å². The van der Waals surface area contributed by atoms with Crippen molar-refractivity contribution in [2.24, 2.45) is 0 Å². The number of hydrogen-bond acceptors (Lipinski definition) is 4. The maximum absolute atomic E-state index is 5.86. The van der Waals surface area contributed by atoms with Crippen molar-refractivity contribution in [3.05, 3.63) is 39.8 Å². The molecule has 0 aliphatic heterocycles. The monoisotopic (exact) mass is 253 g/mol. The molecule has 0 amide bonds. The fraction of sp³-hybridized carbons (Fsp3) is 0.182. The Morgan fingerprint density at radius 1 is 1.50 bits per heavy atom. The second kappa shape index (κ2) is 4.72. The van der Waals surface area contributed by atoms with Crippen LogP contribution in [0.2, 0.25) is 5.02 Å². The summed E-state index contributed by atoms with van der Waals surface area (Å²) in [6.07, 6.45) is 1.80. The largest absolute Gasteiger partial charge is 0.397 e. The number of thiazole rings is 1. The predicted molar refractivity (Wildman–Crippen MR) is 70.0 cm³/mol. The molecular formula is C11H12ClN3S. The number of nitrogens with zero attached hydrogens (tertiary/aromatic N) is 1. The number of nitrogens with two attached hydrogens (primary N) is 1. The fourth-order valence-corrected chi connectivity index (χ4v) is 2.23. The quantitative estimate of drug-likeness (QED) is 0.823. The molecule has 84 valence electrons. The van der Waals surface area contributed by atoms with Gasteiger partial charge in [-0.25, -0.2) is 4.98 Å². The summed E-state index contributed by atoms with van der Waals surface area (Å²) < 4.78 is 0. The van der Waals surface area contributed by atoms with Crippen LogP contribution >= 0.6 is 22.9 Å². The highest BCUT2D eigenvalue weighted by molar-refractivity contribution is 7.09. The highest BCUT2D eigenvalue weighted by Gasteiger charge is 2.09. The Bertz CT molecular complexity index is 470. The zero-order valence-electron chi connectivity index (χ0n) is 8.77. The number of nitrogen functional groups attached to an aromatic ring is 1. The van der Waals surface area contributed by atoms with Crippen LogP contribution in [0.4, 0.5) is 11.4 Å². The molecule has 3 N–H and O–H groups in total. The van der Waals surface area contributed by atoms with Crippen molar-refractivity contribution >= 4 is 34.3 Å². The Labute approximate surface area is 103 Å². The highest BCUT2D eigenvalue weighted by Crippen LogP contribution is 2.27. The number of aromatic nitrogens is 1. The number of nitrogens with one attached hydrogen (secondary N) is 1. The Morgan fingerprint density at radius 3 is 2.94 bits per heavy atom. The van der Waals surface area contributed by atoms with Gasteiger partial charge in [-0.2, -0.15) is 0 Å². The van der Waals surface area contributed by atoms with Gasteiger partial charge in [-0.05, 0) is 25.1 Å². The van der Waals surface area contributed by atoms with Crippen molar-refractivity contribution < 1.29 is 0 Å². The maximum atomic E-state index is 5.86. The van der Waals surface area contributed by atoms with Crippen molar-refractivity contribution in [2.45, 2.75) is 13.0 Å². The average molecular weight is 254 g/mol. The van der Waals surface area contributed by atoms with E-state index in [9.17, 15) is 0 Å². The summed E-state index contributed by atoms with van der Waals surface area (Å²) in [5.74, 6) is 0. The number of hydrogen-bond donors (Lipinski definition) is 2. The second-order valence-electron chi connectivity index (χ2n) is 3.47. The van der Waals surface area contributed by atoms with Crippen LogP contribution in [0, 0.1) is 0 Å². The average Bonchev–Trinajstić information content (AvgIpc) is 2.75. The topological polar surface area (TPSA) is 50.9 Å². The molecule has 1 aromatic carbocycles. The van der Waals surface area contributed by atoms with E-state index in [2.05, 4.69) is 10.3 Å². The molecule has 1 aromatic heterocycles. The van der Waals surface area contributed by atoms with Crippen LogP contribution in [-0.4, -0.2) is 4.98 Å². The van der Waals surface area contributed by atoms with Gasteiger partial charge in [0.05, 0.1) is 17.4 Å². The van der Waals surface area contributed by atoms with Gasteiger partial charge in [0, 0.05) is 16.6 Å². The minimum absolute atomic E-state index is 0.142. The van der Waals surface area contributed by atoms with Gasteiger partial charge in [-0.3, -0.25) is 0 Å². The van der Waals surface area contributed by atoms with Crippen LogP contribution in [0.5, 0.6) is 0 Å². The lowest BCUT2D eigenvalue weighted by Crippen LogP contribution is -2.07. The second-order valence-corrected chi connectivity index (χ2v) is 4.83. The van der Waals surface area contributed by atoms with Crippen molar-refractivity contribution in [1.82, 2.24) is 4.98 Å². The van der Waals surface area contributed by atoms with E-state index in [4.69, 9.17) is 17.3 Å². The first-order chi connectivity index (χ1) is 7.66. The summed E-state index contributed by atoms with van der Waals surface area (Å²) in [6, 6.07) is 5.57. The third-order valence-electron chi connectivity index (χ3n) is 2.21. The summed E-state index contributed by atoms with van der Waals surface area (Å²) in [5, 5.41) is 6.94. The van der Waals surface area contributed by atoms with Gasteiger partial charge in [-0.1, -0.05) is 11.6 Å². The smallest absolute Gasteiger partial charge is 0.115 e. The summed E-state index contributed by atoms with van der Waals surface area (Å²) in [6.45, 7) is 2.05. The van der Waals surface area contributed by atoms with E-state index in [0.717, 1.165) is 10.7 Å². The SMILES string of the molecule is CC(Nc1ccc(Cl)cc1N)c1nccs1. The lowest BCUT2D eigenvalue weighted by atomic mass is 10.2. The zero-order chi connectivity index (χ0) is 11.5. The zero-order valence-corrected chi connectivity index (χ0v) is 10.3. The van der Waals surface area contributed by atoms with Gasteiger partial charge in [-0.15, -0.1) is 11.3 Å². The first-order valence-electron chi connectivity index (χ1n) is 4.88. The van der Waals surface area contributed by atoms with Crippen LogP contribution in [-0.2, 0) is 0 Å². The molecule has 0 spiro atoms. The Balaban J connectivity index is 2.15. The molecule has 2 aromatic rings. The van der Waals surface area contributed by atoms with Gasteiger partial charge in [0.1, 0.15) is 5.01 Å². The van der Waals surface area contributed by atoms with E-state index < -0.39 is 0 Å². The molecule has 16 heavy (non-hydrogen) atoms. The summed E-state index contributed by atoms with van der Waals surface area (Å²) in [5.41, 5.74) is 7.39. The van der Waals surface area contributed by atoms with Crippen LogP contribution in [0.15, 0.2) is 29.8 Å². The fourth-order valence-electron chi connectivity index (χ4n) is 1.41. The number of benzene rings is 1. The standard InChI is InChI=1S/C11H12ClN3S/c1-7(11-14-4-5-16-11)15-10-3-2-8(12)6-9(10)13/h2-7,15H,13H2,1H3. The molecule has 5 heteroatoms. The third-order valence-corrected chi connectivity index (χ3v) is 3.40. The van der Waals surface area contributed by atoms with E-state index in [1.165, 1.54) is 0 Å². The number of rotatable bonds is 3. The Hall–Kier alpha value is -1.26. The van der Waals surface area contributed by atoms with Crippen LogP contribution in [0.3, 0.4) is 0 Å². The molecule has 1 unspecified atom stereocenters. The highest BCUT2D eigenvalue weighted by atomic mass is 35.5. The summed E-state index contributed by atoms with van der Waals surface area (Å²) >= 11 is 7.45. The summed E-state index contributed by atoms with van der Waals surface area (Å²) in [4.78, 5) is 4.25. The van der Waals surface area contributed by atoms with Crippen LogP contribution in [0.1, 0.15) is 18.0 Å². The normalized spacial score (nSPS) is 12.4. The maximum Gasteiger partial charge on any atom is 0.115 e. The number of halogens is 1. The molecule has 1 heterocycles. The molecule has 0 aliphatic rings. The van der Waals surface area contributed by atoms with Crippen molar-refractivity contribution in [2.75, 3.05) is 11.1 Å². The van der Waals surface area contributed by atoms with Gasteiger partial charge in [0.15, 0.2) is 0 Å². The molecule has 0 saturated heterocycles. The van der Waals surface area contributed by atoms with Crippen LogP contribution < -0.4 is 11.1 Å². The Morgan fingerprint density at radius 2 is 2.31 bits per heavy atom. The molecular weight excluding hydrogens is 242 g/mol. The Kier molecular flexibility index (Phi) is 3.31. The molecule has 2 rings (SSSR count). The first kappa shape index (κ1) is 11.2. The van der Waals surface area contributed by atoms with Gasteiger partial charge < -0.3 is 11.1 Å². The van der Waals surface area contributed by atoms with Crippen molar-refractivity contribution in [1.29, 1.82) is 0 Å². The minimum Gasteiger partial charge on any atom is -0.397 e. The van der Waals surface area contributed by atoms with E-state index >= 15 is 0 Å². The lowest BCUT2D eigenvalue weighted by Gasteiger charge is -2.14. The lowest BCUT2D eigenvalue weighted by molar-refractivity contribution is 0.870. The number of anilines is 2. The summed E-state index contributed by atoms with van der Waals surface area (Å²) in [7, 11) is 0. The molecule has 0 saturated carbocycles. The van der Waals surface area contributed by atoms with E-state index in [1.807, 2.05) is 24.4 Å². The molecule has 1 atom stereocenters. The molecule has 0 aliphatic carbocycles. The molecule has 0 fully saturated rings. The first-order valence-corrected chi connectivity index (χ1v) is 6.13. The van der Waals surface area contributed by atoms with E-state index in [1.54, 1.807) is 23.6 Å². The van der Waals surface area contributed by atoms with Gasteiger partial charge in [0.2, 0.25) is 0 Å². The minimum atomic E-state index is 0.142. The van der Waals surface area contributed by atoms with Crippen molar-refractivity contribution in [3.8, 4) is 0 Å². The molecule has 3 nitrogen and oxygen atoms in total. The molecule has 0 bridgehead atoms. The van der Waals surface area contributed by atoms with E-state index in [0.29, 0.717) is 10.7 Å².